The van der Waals surface area contributed by atoms with Crippen molar-refractivity contribution in [2.45, 2.75) is 6.92 Å². The van der Waals surface area contributed by atoms with Crippen molar-refractivity contribution >= 4 is 48.1 Å². The molecule has 0 unspecified atom stereocenters. The summed E-state index contributed by atoms with van der Waals surface area (Å²) in [6.45, 7) is 1.84. The normalized spacial score (nSPS) is 11.4. The van der Waals surface area contributed by atoms with Crippen LogP contribution in [0.5, 0.6) is 0 Å². The SMILES string of the molecule is Cc1csc(N(c2ccccc2)S(=O)(=O)CBr)n1. The molecule has 2 aromatic rings. The number of alkyl halides is 1. The Morgan fingerprint density at radius 2 is 2.00 bits per heavy atom. The van der Waals surface area contributed by atoms with Crippen molar-refractivity contribution in [2.75, 3.05) is 8.97 Å². The molecule has 0 atom stereocenters. The Kier molecular flexibility index (Phi) is 4.04. The Morgan fingerprint density at radius 3 is 2.50 bits per heavy atom. The van der Waals surface area contributed by atoms with Crippen LogP contribution in [0.2, 0.25) is 0 Å². The number of rotatable bonds is 4. The summed E-state index contributed by atoms with van der Waals surface area (Å²) in [4.78, 5) is 4.25. The summed E-state index contributed by atoms with van der Waals surface area (Å²) in [6.07, 6.45) is 0. The molecule has 4 nitrogen and oxygen atoms in total. The number of benzene rings is 1. The summed E-state index contributed by atoms with van der Waals surface area (Å²) < 4.78 is 25.4. The van der Waals surface area contributed by atoms with Gasteiger partial charge in [-0.2, -0.15) is 0 Å². The molecular formula is C11H11BrN2O2S2. The van der Waals surface area contributed by atoms with Gasteiger partial charge in [0, 0.05) is 5.38 Å². The van der Waals surface area contributed by atoms with Gasteiger partial charge < -0.3 is 0 Å². The van der Waals surface area contributed by atoms with Crippen molar-refractivity contribution in [3.8, 4) is 0 Å². The first-order chi connectivity index (χ1) is 8.54. The van der Waals surface area contributed by atoms with Crippen molar-refractivity contribution in [2.24, 2.45) is 0 Å². The highest BCUT2D eigenvalue weighted by molar-refractivity contribution is 9.10. The maximum atomic E-state index is 12.2. The summed E-state index contributed by atoms with van der Waals surface area (Å²) >= 11 is 4.33. The van der Waals surface area contributed by atoms with Gasteiger partial charge >= 0.3 is 0 Å². The lowest BCUT2D eigenvalue weighted by molar-refractivity contribution is 0.601. The monoisotopic (exact) mass is 346 g/mol. The number of thiazole rings is 1. The van der Waals surface area contributed by atoms with Gasteiger partial charge in [-0.15, -0.1) is 11.3 Å². The smallest absolute Gasteiger partial charge is 0.224 e. The second-order valence-corrected chi connectivity index (χ2v) is 7.55. The highest BCUT2D eigenvalue weighted by Crippen LogP contribution is 2.31. The Balaban J connectivity index is 2.55. The van der Waals surface area contributed by atoms with Gasteiger partial charge in [0.1, 0.15) is 4.66 Å². The summed E-state index contributed by atoms with van der Waals surface area (Å²) in [5.41, 5.74) is 1.40. The topological polar surface area (TPSA) is 50.3 Å². The lowest BCUT2D eigenvalue weighted by Gasteiger charge is -2.20. The molecule has 18 heavy (non-hydrogen) atoms. The van der Waals surface area contributed by atoms with E-state index in [4.69, 9.17) is 0 Å². The standard InChI is InChI=1S/C11H11BrN2O2S2/c1-9-7-17-11(13-9)14(18(15,16)8-12)10-5-3-2-4-6-10/h2-7H,8H2,1H3. The van der Waals surface area contributed by atoms with Gasteiger partial charge in [-0.3, -0.25) is 0 Å². The molecule has 0 fully saturated rings. The fourth-order valence-corrected chi connectivity index (χ4v) is 4.07. The van der Waals surface area contributed by atoms with E-state index in [-0.39, 0.29) is 4.66 Å². The minimum Gasteiger partial charge on any atom is -0.224 e. The molecule has 0 N–H and O–H groups in total. The van der Waals surface area contributed by atoms with Crippen LogP contribution in [0.3, 0.4) is 0 Å². The van der Waals surface area contributed by atoms with Crippen LogP contribution in [0.15, 0.2) is 35.7 Å². The molecule has 1 aromatic heterocycles. The van der Waals surface area contributed by atoms with Gasteiger partial charge in [0.05, 0.1) is 11.4 Å². The number of halogens is 1. The highest BCUT2D eigenvalue weighted by atomic mass is 79.9. The fraction of sp³-hybridized carbons (Fsp3) is 0.182. The lowest BCUT2D eigenvalue weighted by Crippen LogP contribution is -2.26. The first kappa shape index (κ1) is 13.5. The van der Waals surface area contributed by atoms with E-state index in [1.807, 2.05) is 18.4 Å². The highest BCUT2D eigenvalue weighted by Gasteiger charge is 2.25. The molecule has 0 aliphatic carbocycles. The molecule has 0 saturated heterocycles. The van der Waals surface area contributed by atoms with Crippen LogP contribution in [0.25, 0.3) is 0 Å². The van der Waals surface area contributed by atoms with Crippen LogP contribution in [0.4, 0.5) is 10.8 Å². The van der Waals surface area contributed by atoms with Crippen molar-refractivity contribution in [1.29, 1.82) is 0 Å². The van der Waals surface area contributed by atoms with Crippen LogP contribution in [0, 0.1) is 6.92 Å². The Labute approximate surface area is 118 Å². The molecule has 0 aliphatic heterocycles. The van der Waals surface area contributed by atoms with E-state index in [0.29, 0.717) is 10.8 Å². The molecule has 0 spiro atoms. The zero-order valence-corrected chi connectivity index (χ0v) is 12.8. The quantitative estimate of drug-likeness (QED) is 0.798. The maximum Gasteiger partial charge on any atom is 0.251 e. The minimum absolute atomic E-state index is 0.145. The summed E-state index contributed by atoms with van der Waals surface area (Å²) in [6, 6.07) is 8.93. The van der Waals surface area contributed by atoms with Gasteiger partial charge in [0.25, 0.3) is 10.0 Å². The minimum atomic E-state index is -3.46. The number of aromatic nitrogens is 1. The molecule has 0 saturated carbocycles. The second kappa shape index (κ2) is 5.38. The number of aryl methyl sites for hydroxylation is 1. The number of anilines is 2. The predicted octanol–water partition coefficient (Wildman–Crippen LogP) is 3.27. The van der Waals surface area contributed by atoms with Gasteiger partial charge in [0.15, 0.2) is 0 Å². The molecule has 0 amide bonds. The second-order valence-electron chi connectivity index (χ2n) is 3.59. The number of hydrogen-bond donors (Lipinski definition) is 0. The molecule has 0 aliphatic rings. The number of nitrogens with zero attached hydrogens (tertiary/aromatic N) is 2. The Hall–Kier alpha value is -0.920. The maximum absolute atomic E-state index is 12.2. The predicted molar refractivity (Wildman–Crippen MR) is 78.1 cm³/mol. The van der Waals surface area contributed by atoms with Gasteiger partial charge in [-0.1, -0.05) is 34.1 Å². The van der Waals surface area contributed by atoms with Crippen LogP contribution in [-0.2, 0) is 10.0 Å². The van der Waals surface area contributed by atoms with Crippen LogP contribution < -0.4 is 4.31 Å². The first-order valence-corrected chi connectivity index (χ1v) is 8.72. The molecule has 7 heteroatoms. The van der Waals surface area contributed by atoms with Crippen molar-refractivity contribution in [3.05, 3.63) is 41.4 Å². The fourth-order valence-electron chi connectivity index (χ4n) is 1.44. The lowest BCUT2D eigenvalue weighted by atomic mass is 10.3. The average molecular weight is 347 g/mol. The van der Waals surface area contributed by atoms with Crippen LogP contribution in [0.1, 0.15) is 5.69 Å². The summed E-state index contributed by atoms with van der Waals surface area (Å²) in [7, 11) is -3.46. The Bertz CT molecular complexity index is 626. The largest absolute Gasteiger partial charge is 0.251 e. The summed E-state index contributed by atoms with van der Waals surface area (Å²) in [5, 5.41) is 2.29. The Morgan fingerprint density at radius 1 is 1.33 bits per heavy atom. The third-order valence-corrected chi connectivity index (χ3v) is 6.20. The zero-order chi connectivity index (χ0) is 13.2. The third-order valence-electron chi connectivity index (χ3n) is 2.19. The molecular weight excluding hydrogens is 336 g/mol. The number of para-hydroxylation sites is 1. The molecule has 96 valence electrons. The van der Waals surface area contributed by atoms with Gasteiger partial charge in [-0.05, 0) is 19.1 Å². The average Bonchev–Trinajstić information content (AvgIpc) is 2.77. The zero-order valence-electron chi connectivity index (χ0n) is 9.58. The van der Waals surface area contributed by atoms with E-state index in [0.717, 1.165) is 5.69 Å². The van der Waals surface area contributed by atoms with Crippen molar-refractivity contribution in [1.82, 2.24) is 4.98 Å². The molecule has 1 heterocycles. The van der Waals surface area contributed by atoms with Crippen LogP contribution in [-0.4, -0.2) is 18.1 Å². The van der Waals surface area contributed by atoms with E-state index < -0.39 is 10.0 Å². The van der Waals surface area contributed by atoms with Crippen molar-refractivity contribution < 1.29 is 8.42 Å². The van der Waals surface area contributed by atoms with Gasteiger partial charge in [-0.25, -0.2) is 17.7 Å². The summed E-state index contributed by atoms with van der Waals surface area (Å²) in [5.74, 6) is 0. The van der Waals surface area contributed by atoms with Crippen LogP contribution >= 0.6 is 27.3 Å². The van der Waals surface area contributed by atoms with E-state index in [1.54, 1.807) is 24.3 Å². The first-order valence-electron chi connectivity index (χ1n) is 5.11. The third kappa shape index (κ3) is 2.73. The molecule has 0 radical (unpaired) electrons. The molecule has 2 rings (SSSR count). The van der Waals surface area contributed by atoms with Gasteiger partial charge in [0.2, 0.25) is 5.13 Å². The van der Waals surface area contributed by atoms with E-state index in [9.17, 15) is 8.42 Å². The molecule has 0 bridgehead atoms. The van der Waals surface area contributed by atoms with E-state index in [2.05, 4.69) is 20.9 Å². The number of sulfonamides is 1. The van der Waals surface area contributed by atoms with E-state index in [1.165, 1.54) is 15.6 Å². The molecule has 1 aromatic carbocycles. The van der Waals surface area contributed by atoms with E-state index >= 15 is 0 Å². The van der Waals surface area contributed by atoms with Crippen molar-refractivity contribution in [3.63, 3.8) is 0 Å². The number of hydrogen-bond acceptors (Lipinski definition) is 4.